The van der Waals surface area contributed by atoms with E-state index in [-0.39, 0.29) is 24.3 Å². The minimum absolute atomic E-state index is 0.0335. The fraction of sp³-hybridized carbons (Fsp3) is 0.333. The highest BCUT2D eigenvalue weighted by Gasteiger charge is 2.31. The standard InChI is InChI=1S/C12H12N2O2/c15-10-6-11(16)14-12-8-3-1-2-7(8)4-5-9(12)13-10/h1-3,9H,4-6H2,(H,13,15)(H,14,16). The number of carbonyl (C=O) groups is 2. The van der Waals surface area contributed by atoms with E-state index in [2.05, 4.69) is 16.7 Å². The summed E-state index contributed by atoms with van der Waals surface area (Å²) in [6.07, 6.45) is 7.78. The van der Waals surface area contributed by atoms with Crippen molar-refractivity contribution >= 4 is 11.8 Å². The molecule has 1 fully saturated rings. The first-order valence-corrected chi connectivity index (χ1v) is 5.45. The molecule has 4 nitrogen and oxygen atoms in total. The monoisotopic (exact) mass is 216 g/mol. The second kappa shape index (κ2) is 3.33. The van der Waals surface area contributed by atoms with Crippen LogP contribution in [0.5, 0.6) is 0 Å². The molecule has 82 valence electrons. The molecule has 2 amide bonds. The van der Waals surface area contributed by atoms with E-state index in [1.807, 2.05) is 12.2 Å². The lowest BCUT2D eigenvalue weighted by Gasteiger charge is -2.26. The molecule has 2 aliphatic carbocycles. The van der Waals surface area contributed by atoms with Crippen molar-refractivity contribution in [1.82, 2.24) is 10.6 Å². The maximum Gasteiger partial charge on any atom is 0.233 e. The van der Waals surface area contributed by atoms with E-state index in [1.165, 1.54) is 5.57 Å². The fourth-order valence-corrected chi connectivity index (χ4v) is 2.45. The van der Waals surface area contributed by atoms with E-state index >= 15 is 0 Å². The van der Waals surface area contributed by atoms with Crippen molar-refractivity contribution < 1.29 is 9.59 Å². The van der Waals surface area contributed by atoms with Crippen molar-refractivity contribution in [2.75, 3.05) is 0 Å². The van der Waals surface area contributed by atoms with Gasteiger partial charge in [-0.1, -0.05) is 18.2 Å². The van der Waals surface area contributed by atoms with E-state index in [0.717, 1.165) is 24.1 Å². The van der Waals surface area contributed by atoms with E-state index in [4.69, 9.17) is 0 Å². The molecule has 0 aromatic heterocycles. The number of nitrogens with one attached hydrogen (secondary N) is 2. The van der Waals surface area contributed by atoms with Crippen LogP contribution in [0, 0.1) is 0 Å². The van der Waals surface area contributed by atoms with E-state index in [9.17, 15) is 9.59 Å². The summed E-state index contributed by atoms with van der Waals surface area (Å²) in [6.45, 7) is 0. The highest BCUT2D eigenvalue weighted by molar-refractivity contribution is 5.99. The predicted octanol–water partition coefficient (Wildman–Crippen LogP) is 0.535. The van der Waals surface area contributed by atoms with Crippen LogP contribution in [0.4, 0.5) is 0 Å². The van der Waals surface area contributed by atoms with Gasteiger partial charge in [-0.15, -0.1) is 0 Å². The minimum Gasteiger partial charge on any atom is -0.347 e. The molecule has 4 heteroatoms. The number of rotatable bonds is 0. The molecular weight excluding hydrogens is 204 g/mol. The maximum atomic E-state index is 11.5. The van der Waals surface area contributed by atoms with E-state index < -0.39 is 0 Å². The molecule has 1 unspecified atom stereocenters. The Morgan fingerprint density at radius 2 is 2.12 bits per heavy atom. The third-order valence-electron chi connectivity index (χ3n) is 3.18. The normalized spacial score (nSPS) is 27.8. The van der Waals surface area contributed by atoms with Crippen molar-refractivity contribution in [2.24, 2.45) is 0 Å². The molecule has 1 atom stereocenters. The molecule has 3 rings (SSSR count). The molecule has 0 bridgehead atoms. The molecule has 0 saturated carbocycles. The Kier molecular flexibility index (Phi) is 1.96. The topological polar surface area (TPSA) is 58.2 Å². The van der Waals surface area contributed by atoms with Gasteiger partial charge in [-0.25, -0.2) is 0 Å². The predicted molar refractivity (Wildman–Crippen MR) is 58.2 cm³/mol. The Hall–Kier alpha value is -1.84. The fourth-order valence-electron chi connectivity index (χ4n) is 2.45. The highest BCUT2D eigenvalue weighted by Crippen LogP contribution is 2.33. The van der Waals surface area contributed by atoms with Gasteiger partial charge in [-0.2, -0.15) is 0 Å². The zero-order valence-electron chi connectivity index (χ0n) is 8.75. The van der Waals surface area contributed by atoms with Crippen LogP contribution >= 0.6 is 0 Å². The van der Waals surface area contributed by atoms with Crippen LogP contribution in [0.1, 0.15) is 19.3 Å². The third kappa shape index (κ3) is 1.38. The lowest BCUT2D eigenvalue weighted by atomic mass is 9.89. The molecule has 2 N–H and O–H groups in total. The van der Waals surface area contributed by atoms with E-state index in [0.29, 0.717) is 0 Å². The zero-order chi connectivity index (χ0) is 11.1. The van der Waals surface area contributed by atoms with Crippen LogP contribution in [-0.4, -0.2) is 17.9 Å². The average molecular weight is 216 g/mol. The molecular formula is C12H12N2O2. The first-order chi connectivity index (χ1) is 7.74. The van der Waals surface area contributed by atoms with Crippen LogP contribution in [0.3, 0.4) is 0 Å². The number of amides is 2. The van der Waals surface area contributed by atoms with Crippen molar-refractivity contribution in [2.45, 2.75) is 25.3 Å². The van der Waals surface area contributed by atoms with Gasteiger partial charge < -0.3 is 10.6 Å². The lowest BCUT2D eigenvalue weighted by molar-refractivity contribution is -0.128. The van der Waals surface area contributed by atoms with Gasteiger partial charge in [0.1, 0.15) is 6.42 Å². The van der Waals surface area contributed by atoms with Crippen LogP contribution in [-0.2, 0) is 9.59 Å². The summed E-state index contributed by atoms with van der Waals surface area (Å²) in [7, 11) is 0. The largest absolute Gasteiger partial charge is 0.347 e. The van der Waals surface area contributed by atoms with Crippen molar-refractivity contribution in [3.05, 3.63) is 35.1 Å². The lowest BCUT2D eigenvalue weighted by Crippen LogP contribution is -2.38. The number of hydrogen-bond acceptors (Lipinski definition) is 2. The summed E-state index contributed by atoms with van der Waals surface area (Å²) in [5.74, 6) is -0.406. The Balaban J connectivity index is 2.05. The average Bonchev–Trinajstić information content (AvgIpc) is 2.64. The molecule has 1 heterocycles. The first kappa shape index (κ1) is 9.39. The number of allylic oxidation sites excluding steroid dienone is 5. The van der Waals surface area contributed by atoms with Gasteiger partial charge in [0.15, 0.2) is 0 Å². The van der Waals surface area contributed by atoms with Gasteiger partial charge in [0.25, 0.3) is 0 Å². The quantitative estimate of drug-likeness (QED) is 0.580. The molecule has 16 heavy (non-hydrogen) atoms. The van der Waals surface area contributed by atoms with Gasteiger partial charge in [0.05, 0.1) is 6.04 Å². The summed E-state index contributed by atoms with van der Waals surface area (Å²) in [5.41, 5.74) is 3.19. The summed E-state index contributed by atoms with van der Waals surface area (Å²) in [5, 5.41) is 5.73. The first-order valence-electron chi connectivity index (χ1n) is 5.45. The van der Waals surface area contributed by atoms with Crippen molar-refractivity contribution in [3.63, 3.8) is 0 Å². The number of hydrogen-bond donors (Lipinski definition) is 2. The zero-order valence-corrected chi connectivity index (χ0v) is 8.75. The van der Waals surface area contributed by atoms with Gasteiger partial charge in [-0.3, -0.25) is 9.59 Å². The third-order valence-corrected chi connectivity index (χ3v) is 3.18. The molecule has 0 aromatic carbocycles. The summed E-state index contributed by atoms with van der Waals surface area (Å²) in [6, 6.07) is -0.0335. The van der Waals surface area contributed by atoms with Gasteiger partial charge in [-0.05, 0) is 24.0 Å². The number of fused-ring (bicyclic) bond motifs is 2. The minimum atomic E-state index is -0.218. The van der Waals surface area contributed by atoms with Crippen LogP contribution in [0.15, 0.2) is 35.1 Å². The SMILES string of the molecule is O=C1CC(=O)NC2CCC3=CC=CC3=C2N1. The molecule has 0 spiro atoms. The van der Waals surface area contributed by atoms with Crippen molar-refractivity contribution in [1.29, 1.82) is 0 Å². The Morgan fingerprint density at radius 3 is 3.00 bits per heavy atom. The number of carbonyl (C=O) groups excluding carboxylic acids is 2. The van der Waals surface area contributed by atoms with Gasteiger partial charge in [0, 0.05) is 5.70 Å². The second-order valence-corrected chi connectivity index (χ2v) is 4.26. The van der Waals surface area contributed by atoms with Crippen molar-refractivity contribution in [3.8, 4) is 0 Å². The summed E-state index contributed by atoms with van der Waals surface area (Å²) in [4.78, 5) is 22.9. The maximum absolute atomic E-state index is 11.5. The van der Waals surface area contributed by atoms with Crippen LogP contribution < -0.4 is 10.6 Å². The second-order valence-electron chi connectivity index (χ2n) is 4.26. The molecule has 0 aromatic rings. The Bertz CT molecular complexity index is 471. The molecule has 0 radical (unpaired) electrons. The van der Waals surface area contributed by atoms with Crippen LogP contribution in [0.25, 0.3) is 0 Å². The summed E-state index contributed by atoms with van der Waals surface area (Å²) < 4.78 is 0. The van der Waals surface area contributed by atoms with Gasteiger partial charge >= 0.3 is 0 Å². The Morgan fingerprint density at radius 1 is 1.25 bits per heavy atom. The van der Waals surface area contributed by atoms with E-state index in [1.54, 1.807) is 0 Å². The Labute approximate surface area is 93.1 Å². The molecule has 1 saturated heterocycles. The molecule has 1 aliphatic heterocycles. The van der Waals surface area contributed by atoms with Crippen LogP contribution in [0.2, 0.25) is 0 Å². The smallest absolute Gasteiger partial charge is 0.233 e. The highest BCUT2D eigenvalue weighted by atomic mass is 16.2. The molecule has 3 aliphatic rings. The summed E-state index contributed by atoms with van der Waals surface area (Å²) >= 11 is 0. The van der Waals surface area contributed by atoms with Gasteiger partial charge in [0.2, 0.25) is 11.8 Å².